The molecule has 0 saturated heterocycles. The number of carbonyl (C=O) groups excluding carboxylic acids is 4. The molecular weight excluding hydrogens is 718 g/mol. The summed E-state index contributed by atoms with van der Waals surface area (Å²) in [6.45, 7) is 7.23. The molecule has 5 N–H and O–H groups in total. The van der Waals surface area contributed by atoms with Gasteiger partial charge in [0.2, 0.25) is 23.6 Å². The number of rotatable bonds is 14. The molecule has 55 heavy (non-hydrogen) atoms. The average Bonchev–Trinajstić information content (AvgIpc) is 3.53. The highest BCUT2D eigenvalue weighted by molar-refractivity contribution is 6.01. The molecule has 294 valence electrons. The van der Waals surface area contributed by atoms with Gasteiger partial charge in [0, 0.05) is 23.2 Å². The second-order valence-electron chi connectivity index (χ2n) is 14.3. The summed E-state index contributed by atoms with van der Waals surface area (Å²) in [5.74, 6) is -3.33. The fraction of sp³-hybridized carbons (Fsp3) is 0.415. The molecule has 0 bridgehead atoms. The number of hydrogen-bond donors (Lipinski definition) is 5. The number of amides is 4. The Morgan fingerprint density at radius 3 is 2.15 bits per heavy atom. The van der Waals surface area contributed by atoms with Gasteiger partial charge in [-0.2, -0.15) is 13.2 Å². The maximum atomic E-state index is 14.7. The van der Waals surface area contributed by atoms with Crippen LogP contribution in [0.1, 0.15) is 69.3 Å². The van der Waals surface area contributed by atoms with E-state index in [4.69, 9.17) is 4.74 Å². The van der Waals surface area contributed by atoms with Crippen molar-refractivity contribution in [2.24, 2.45) is 11.8 Å². The Balaban J connectivity index is 1.51. The van der Waals surface area contributed by atoms with Crippen LogP contribution < -0.4 is 26.0 Å². The van der Waals surface area contributed by atoms with Crippen LogP contribution in [0.4, 0.5) is 23.2 Å². The van der Waals surface area contributed by atoms with Gasteiger partial charge >= 0.3 is 6.18 Å². The number of H-pyrrole nitrogens is 1. The second-order valence-corrected chi connectivity index (χ2v) is 14.3. The first-order valence-corrected chi connectivity index (χ1v) is 18.4. The summed E-state index contributed by atoms with van der Waals surface area (Å²) >= 11 is 0. The Labute approximate surface area is 317 Å². The van der Waals surface area contributed by atoms with E-state index in [2.05, 4.69) is 26.3 Å². The topological polar surface area (TPSA) is 141 Å². The summed E-state index contributed by atoms with van der Waals surface area (Å²) in [6.07, 6.45) is -4.18. The lowest BCUT2D eigenvalue weighted by Crippen LogP contribution is -2.67. The van der Waals surface area contributed by atoms with Crippen molar-refractivity contribution in [2.75, 3.05) is 12.4 Å². The average molecular weight is 766 g/mol. The first-order valence-electron chi connectivity index (χ1n) is 18.4. The first-order chi connectivity index (χ1) is 26.1. The van der Waals surface area contributed by atoms with E-state index < -0.39 is 64.7 Å². The lowest BCUT2D eigenvalue weighted by atomic mass is 9.78. The highest BCUT2D eigenvalue weighted by atomic mass is 19.4. The number of hydrogen-bond acceptors (Lipinski definition) is 5. The first kappa shape index (κ1) is 40.8. The molecule has 5 atom stereocenters. The molecule has 4 aromatic rings. The van der Waals surface area contributed by atoms with Crippen LogP contribution in [0.15, 0.2) is 66.7 Å². The van der Waals surface area contributed by atoms with Gasteiger partial charge in [0.15, 0.2) is 0 Å². The van der Waals surface area contributed by atoms with Gasteiger partial charge in [-0.15, -0.1) is 0 Å². The Bertz CT molecular complexity index is 2030. The van der Waals surface area contributed by atoms with E-state index in [0.29, 0.717) is 35.5 Å². The lowest BCUT2D eigenvalue weighted by Gasteiger charge is -2.39. The third-order valence-corrected chi connectivity index (χ3v) is 10.7. The van der Waals surface area contributed by atoms with Gasteiger partial charge < -0.3 is 31.0 Å². The van der Waals surface area contributed by atoms with Crippen molar-refractivity contribution >= 4 is 40.2 Å². The third kappa shape index (κ3) is 9.12. The molecule has 1 aromatic heterocycles. The molecule has 1 aliphatic carbocycles. The molecule has 0 spiro atoms. The molecule has 0 saturated carbocycles. The molecule has 3 aromatic carbocycles. The maximum absolute atomic E-state index is 14.7. The van der Waals surface area contributed by atoms with E-state index in [1.54, 1.807) is 44.2 Å². The number of methoxy groups -OCH3 is 1. The van der Waals surface area contributed by atoms with Crippen molar-refractivity contribution in [3.8, 4) is 5.75 Å². The van der Waals surface area contributed by atoms with Crippen LogP contribution >= 0.6 is 0 Å². The molecule has 10 nitrogen and oxygen atoms in total. The zero-order valence-electron chi connectivity index (χ0n) is 31.5. The fourth-order valence-corrected chi connectivity index (χ4v) is 7.00. The van der Waals surface area contributed by atoms with Crippen molar-refractivity contribution < 1.29 is 41.5 Å². The number of carbonyl (C=O) groups is 4. The standard InChI is InChI=1S/C41H47F4N5O5/c1-6-23(3)34(37(52)46-26-15-17-27(55-5)18-16-26)49-39(54)40(20-19-32-29(22-40)28-12-10-13-30(36(28)47-32)41(43,44)45)50-38(53)35(24(4)7-2)48-33(51)21-25-11-8-9-14-31(25)42/h8-18,23-24,34-35,47H,6-7,19-22H2,1-5H3,(H,46,52)(H,48,51)(H,49,54)(H,50,53)/t23-,24?,34?,35-,40+/m0/s1. The van der Waals surface area contributed by atoms with E-state index in [0.717, 1.165) is 6.07 Å². The predicted molar refractivity (Wildman–Crippen MR) is 201 cm³/mol. The van der Waals surface area contributed by atoms with Crippen LogP contribution in [0, 0.1) is 17.7 Å². The zero-order chi connectivity index (χ0) is 40.1. The van der Waals surface area contributed by atoms with Crippen LogP contribution in [0.5, 0.6) is 5.75 Å². The summed E-state index contributed by atoms with van der Waals surface area (Å²) in [5.41, 5.74) is -1.22. The summed E-state index contributed by atoms with van der Waals surface area (Å²) in [6, 6.07) is 14.0. The summed E-state index contributed by atoms with van der Waals surface area (Å²) in [4.78, 5) is 59.0. The van der Waals surface area contributed by atoms with E-state index >= 15 is 0 Å². The number of aryl methyl sites for hydroxylation is 1. The SMILES string of the molecule is CCC(C)[C@H](NC(=O)Cc1ccccc1F)C(=O)N[C@]1(C(=O)NC(C(=O)Nc2ccc(OC)cc2)[C@@H](C)CC)CCc2[nH]c3c(C(F)(F)F)cccc3c2C1. The maximum Gasteiger partial charge on any atom is 0.418 e. The Kier molecular flexibility index (Phi) is 12.6. The molecule has 1 aliphatic rings. The minimum absolute atomic E-state index is 0.0323. The molecule has 1 heterocycles. The fourth-order valence-electron chi connectivity index (χ4n) is 7.00. The molecule has 0 radical (unpaired) electrons. The number of anilines is 1. The number of benzene rings is 3. The number of ether oxygens (including phenoxy) is 1. The van der Waals surface area contributed by atoms with E-state index in [9.17, 15) is 36.7 Å². The minimum atomic E-state index is -4.65. The molecule has 4 amide bonds. The van der Waals surface area contributed by atoms with Crippen LogP contribution in [-0.2, 0) is 44.6 Å². The van der Waals surface area contributed by atoms with Crippen LogP contribution in [0.2, 0.25) is 0 Å². The highest BCUT2D eigenvalue weighted by Crippen LogP contribution is 2.40. The Morgan fingerprint density at radius 2 is 1.53 bits per heavy atom. The summed E-state index contributed by atoms with van der Waals surface area (Å²) < 4.78 is 61.8. The van der Waals surface area contributed by atoms with Crippen LogP contribution in [-0.4, -0.2) is 53.3 Å². The molecule has 5 rings (SSSR count). The van der Waals surface area contributed by atoms with Gasteiger partial charge in [0.25, 0.3) is 0 Å². The predicted octanol–water partition coefficient (Wildman–Crippen LogP) is 6.62. The van der Waals surface area contributed by atoms with Crippen molar-refractivity contribution in [3.63, 3.8) is 0 Å². The lowest BCUT2D eigenvalue weighted by molar-refractivity contribution is -0.138. The molecule has 2 unspecified atom stereocenters. The van der Waals surface area contributed by atoms with E-state index in [1.807, 2.05) is 13.8 Å². The summed E-state index contributed by atoms with van der Waals surface area (Å²) in [7, 11) is 1.52. The summed E-state index contributed by atoms with van der Waals surface area (Å²) in [5, 5.41) is 11.6. The normalized spacial score (nSPS) is 17.6. The van der Waals surface area contributed by atoms with Gasteiger partial charge in [-0.05, 0) is 72.2 Å². The third-order valence-electron chi connectivity index (χ3n) is 10.7. The van der Waals surface area contributed by atoms with E-state index in [-0.39, 0.29) is 48.1 Å². The largest absolute Gasteiger partial charge is 0.497 e. The number of fused-ring (bicyclic) bond motifs is 3. The Hall–Kier alpha value is -5.40. The van der Waals surface area contributed by atoms with Gasteiger partial charge in [0.05, 0.1) is 24.6 Å². The minimum Gasteiger partial charge on any atom is -0.497 e. The monoisotopic (exact) mass is 765 g/mol. The highest BCUT2D eigenvalue weighted by Gasteiger charge is 2.47. The molecular formula is C41H47F4N5O5. The number of aromatic amines is 1. The van der Waals surface area contributed by atoms with Gasteiger partial charge in [-0.3, -0.25) is 19.2 Å². The Morgan fingerprint density at radius 1 is 0.873 bits per heavy atom. The van der Waals surface area contributed by atoms with Gasteiger partial charge in [0.1, 0.15) is 29.2 Å². The quantitative estimate of drug-likeness (QED) is 0.0919. The number of para-hydroxylation sites is 1. The number of alkyl halides is 3. The van der Waals surface area contributed by atoms with Gasteiger partial charge in [-0.25, -0.2) is 4.39 Å². The van der Waals surface area contributed by atoms with Crippen molar-refractivity contribution in [1.29, 1.82) is 0 Å². The van der Waals surface area contributed by atoms with Gasteiger partial charge in [-0.1, -0.05) is 70.9 Å². The van der Waals surface area contributed by atoms with Crippen molar-refractivity contribution in [2.45, 2.75) is 90.0 Å². The number of nitrogens with one attached hydrogen (secondary N) is 5. The second kappa shape index (κ2) is 17.0. The van der Waals surface area contributed by atoms with Crippen LogP contribution in [0.25, 0.3) is 10.9 Å². The van der Waals surface area contributed by atoms with Crippen molar-refractivity contribution in [3.05, 3.63) is 94.9 Å². The number of aromatic nitrogens is 1. The van der Waals surface area contributed by atoms with Crippen LogP contribution in [0.3, 0.4) is 0 Å². The molecule has 0 aliphatic heterocycles. The van der Waals surface area contributed by atoms with E-state index in [1.165, 1.54) is 37.4 Å². The zero-order valence-corrected chi connectivity index (χ0v) is 31.5. The molecule has 14 heteroatoms. The van der Waals surface area contributed by atoms with Crippen molar-refractivity contribution in [1.82, 2.24) is 20.9 Å². The number of halogens is 4. The smallest absolute Gasteiger partial charge is 0.418 e. The molecule has 0 fully saturated rings.